The van der Waals surface area contributed by atoms with Gasteiger partial charge in [-0.2, -0.15) is 0 Å². The maximum Gasteiger partial charge on any atom is 0.124 e. The second kappa shape index (κ2) is 7.96. The SMILES string of the molecule is CCCCCNc1ccc(OCC)c(CO)c1. The molecule has 0 heterocycles. The molecule has 1 rings (SSSR count). The summed E-state index contributed by atoms with van der Waals surface area (Å²) in [5.41, 5.74) is 1.89. The van der Waals surface area contributed by atoms with Crippen LogP contribution in [0.25, 0.3) is 0 Å². The summed E-state index contributed by atoms with van der Waals surface area (Å²) < 4.78 is 5.44. The molecule has 0 amide bonds. The minimum atomic E-state index is 0.0137. The average molecular weight is 237 g/mol. The summed E-state index contributed by atoms with van der Waals surface area (Å²) in [5.74, 6) is 0.772. The molecule has 0 aliphatic heterocycles. The molecule has 0 bridgehead atoms. The molecule has 0 saturated heterocycles. The van der Waals surface area contributed by atoms with Crippen molar-refractivity contribution in [3.63, 3.8) is 0 Å². The van der Waals surface area contributed by atoms with Crippen molar-refractivity contribution in [1.82, 2.24) is 0 Å². The van der Waals surface area contributed by atoms with Crippen molar-refractivity contribution in [2.24, 2.45) is 0 Å². The van der Waals surface area contributed by atoms with Crippen molar-refractivity contribution in [2.45, 2.75) is 39.7 Å². The van der Waals surface area contributed by atoms with Crippen LogP contribution in [0.4, 0.5) is 5.69 Å². The Hall–Kier alpha value is -1.22. The highest BCUT2D eigenvalue weighted by Crippen LogP contribution is 2.23. The van der Waals surface area contributed by atoms with E-state index in [1.807, 2.05) is 25.1 Å². The third kappa shape index (κ3) is 4.65. The van der Waals surface area contributed by atoms with Crippen molar-refractivity contribution in [3.8, 4) is 5.75 Å². The van der Waals surface area contributed by atoms with Crippen molar-refractivity contribution >= 4 is 5.69 Å². The minimum absolute atomic E-state index is 0.0137. The number of hydrogen-bond donors (Lipinski definition) is 2. The Labute approximate surface area is 104 Å². The standard InChI is InChI=1S/C14H23NO2/c1-3-5-6-9-15-13-7-8-14(17-4-2)12(10-13)11-16/h7-8,10,15-16H,3-6,9,11H2,1-2H3. The van der Waals surface area contributed by atoms with Gasteiger partial charge in [0, 0.05) is 17.8 Å². The number of anilines is 1. The van der Waals surface area contributed by atoms with Crippen LogP contribution in [0.2, 0.25) is 0 Å². The molecule has 0 radical (unpaired) electrons. The van der Waals surface area contributed by atoms with Gasteiger partial charge in [0.15, 0.2) is 0 Å². The van der Waals surface area contributed by atoms with E-state index in [1.54, 1.807) is 0 Å². The van der Waals surface area contributed by atoms with E-state index in [-0.39, 0.29) is 6.61 Å². The van der Waals surface area contributed by atoms with Gasteiger partial charge in [0.05, 0.1) is 13.2 Å². The smallest absolute Gasteiger partial charge is 0.124 e. The molecule has 3 heteroatoms. The summed E-state index contributed by atoms with van der Waals surface area (Å²) in [6.07, 6.45) is 3.65. The van der Waals surface area contributed by atoms with E-state index in [0.29, 0.717) is 6.61 Å². The zero-order chi connectivity index (χ0) is 12.5. The number of ether oxygens (including phenoxy) is 1. The highest BCUT2D eigenvalue weighted by Gasteiger charge is 2.03. The van der Waals surface area contributed by atoms with Crippen molar-refractivity contribution in [2.75, 3.05) is 18.5 Å². The number of rotatable bonds is 8. The van der Waals surface area contributed by atoms with Gasteiger partial charge in [0.25, 0.3) is 0 Å². The quantitative estimate of drug-likeness (QED) is 0.682. The second-order valence-corrected chi connectivity index (χ2v) is 4.05. The van der Waals surface area contributed by atoms with Crippen molar-refractivity contribution in [3.05, 3.63) is 23.8 Å². The molecule has 0 saturated carbocycles. The van der Waals surface area contributed by atoms with E-state index < -0.39 is 0 Å². The lowest BCUT2D eigenvalue weighted by molar-refractivity contribution is 0.267. The first-order valence-corrected chi connectivity index (χ1v) is 6.42. The number of aliphatic hydroxyl groups excluding tert-OH is 1. The molecule has 0 unspecified atom stereocenters. The lowest BCUT2D eigenvalue weighted by atomic mass is 10.2. The molecular formula is C14H23NO2. The maximum atomic E-state index is 9.27. The van der Waals surface area contributed by atoms with Gasteiger partial charge in [0.1, 0.15) is 5.75 Å². The fourth-order valence-electron chi connectivity index (χ4n) is 1.72. The molecule has 17 heavy (non-hydrogen) atoms. The van der Waals surface area contributed by atoms with Gasteiger partial charge < -0.3 is 15.2 Å². The molecule has 2 N–H and O–H groups in total. The first-order chi connectivity index (χ1) is 8.31. The Kier molecular flexibility index (Phi) is 6.48. The summed E-state index contributed by atoms with van der Waals surface area (Å²) in [4.78, 5) is 0. The van der Waals surface area contributed by atoms with Crippen LogP contribution in [0.5, 0.6) is 5.75 Å². The molecular weight excluding hydrogens is 214 g/mol. The third-order valence-corrected chi connectivity index (χ3v) is 2.64. The lowest BCUT2D eigenvalue weighted by Crippen LogP contribution is -2.03. The van der Waals surface area contributed by atoms with Crippen LogP contribution in [-0.2, 0) is 6.61 Å². The number of hydrogen-bond acceptors (Lipinski definition) is 3. The molecule has 0 spiro atoms. The molecule has 1 aromatic rings. The van der Waals surface area contributed by atoms with Gasteiger partial charge >= 0.3 is 0 Å². The third-order valence-electron chi connectivity index (χ3n) is 2.64. The Morgan fingerprint density at radius 1 is 1.24 bits per heavy atom. The Morgan fingerprint density at radius 2 is 2.06 bits per heavy atom. The Morgan fingerprint density at radius 3 is 2.71 bits per heavy atom. The first kappa shape index (κ1) is 13.8. The van der Waals surface area contributed by atoms with Gasteiger partial charge in [-0.15, -0.1) is 0 Å². The van der Waals surface area contributed by atoms with E-state index in [9.17, 15) is 5.11 Å². The van der Waals surface area contributed by atoms with Gasteiger partial charge in [-0.3, -0.25) is 0 Å². The van der Waals surface area contributed by atoms with Crippen LogP contribution in [0.15, 0.2) is 18.2 Å². The van der Waals surface area contributed by atoms with E-state index in [1.165, 1.54) is 19.3 Å². The van der Waals surface area contributed by atoms with Crippen LogP contribution in [0.1, 0.15) is 38.7 Å². The zero-order valence-electron chi connectivity index (χ0n) is 10.8. The predicted molar refractivity (Wildman–Crippen MR) is 71.5 cm³/mol. The summed E-state index contributed by atoms with van der Waals surface area (Å²) in [6.45, 7) is 5.75. The van der Waals surface area contributed by atoms with E-state index in [2.05, 4.69) is 12.2 Å². The van der Waals surface area contributed by atoms with Gasteiger partial charge in [0.2, 0.25) is 0 Å². The fraction of sp³-hybridized carbons (Fsp3) is 0.571. The molecule has 0 fully saturated rings. The highest BCUT2D eigenvalue weighted by atomic mass is 16.5. The zero-order valence-corrected chi connectivity index (χ0v) is 10.8. The predicted octanol–water partition coefficient (Wildman–Crippen LogP) is 3.18. The largest absolute Gasteiger partial charge is 0.494 e. The van der Waals surface area contributed by atoms with E-state index in [4.69, 9.17) is 4.74 Å². The summed E-state index contributed by atoms with van der Waals surface area (Å²) in [5, 5.41) is 12.6. The number of unbranched alkanes of at least 4 members (excludes halogenated alkanes) is 2. The minimum Gasteiger partial charge on any atom is -0.494 e. The number of benzene rings is 1. The monoisotopic (exact) mass is 237 g/mol. The number of aliphatic hydroxyl groups is 1. The van der Waals surface area contributed by atoms with Crippen LogP contribution in [0.3, 0.4) is 0 Å². The van der Waals surface area contributed by atoms with Gasteiger partial charge in [-0.1, -0.05) is 19.8 Å². The van der Waals surface area contributed by atoms with Gasteiger partial charge in [-0.05, 0) is 31.5 Å². The Bertz CT molecular complexity index is 326. The van der Waals surface area contributed by atoms with E-state index in [0.717, 1.165) is 23.5 Å². The molecule has 96 valence electrons. The van der Waals surface area contributed by atoms with Crippen LogP contribution >= 0.6 is 0 Å². The summed E-state index contributed by atoms with van der Waals surface area (Å²) >= 11 is 0. The van der Waals surface area contributed by atoms with Crippen LogP contribution < -0.4 is 10.1 Å². The van der Waals surface area contributed by atoms with Crippen LogP contribution in [0, 0.1) is 0 Å². The highest BCUT2D eigenvalue weighted by molar-refractivity contribution is 5.51. The molecule has 0 aliphatic rings. The van der Waals surface area contributed by atoms with Crippen LogP contribution in [-0.4, -0.2) is 18.3 Å². The topological polar surface area (TPSA) is 41.5 Å². The summed E-state index contributed by atoms with van der Waals surface area (Å²) in [6, 6.07) is 5.87. The number of nitrogens with one attached hydrogen (secondary N) is 1. The molecule has 1 aromatic carbocycles. The molecule has 0 atom stereocenters. The van der Waals surface area contributed by atoms with Crippen molar-refractivity contribution < 1.29 is 9.84 Å². The van der Waals surface area contributed by atoms with E-state index >= 15 is 0 Å². The lowest BCUT2D eigenvalue weighted by Gasteiger charge is -2.11. The van der Waals surface area contributed by atoms with Crippen molar-refractivity contribution in [1.29, 1.82) is 0 Å². The Balaban J connectivity index is 2.56. The average Bonchev–Trinajstić information content (AvgIpc) is 2.36. The normalized spacial score (nSPS) is 10.3. The maximum absolute atomic E-state index is 9.27. The van der Waals surface area contributed by atoms with Gasteiger partial charge in [-0.25, -0.2) is 0 Å². The second-order valence-electron chi connectivity index (χ2n) is 4.05. The molecule has 0 aromatic heterocycles. The fourth-order valence-corrected chi connectivity index (χ4v) is 1.72. The first-order valence-electron chi connectivity index (χ1n) is 6.42. The summed E-state index contributed by atoms with van der Waals surface area (Å²) in [7, 11) is 0. The molecule has 3 nitrogen and oxygen atoms in total. The molecule has 0 aliphatic carbocycles.